The number of aryl methyl sites for hydroxylation is 1. The van der Waals surface area contributed by atoms with Crippen molar-refractivity contribution in [3.63, 3.8) is 0 Å². The second-order valence-corrected chi connectivity index (χ2v) is 2.79. The third kappa shape index (κ3) is 1.50. The Bertz CT molecular complexity index is 427. The van der Waals surface area contributed by atoms with Gasteiger partial charge in [0.15, 0.2) is 0 Å². The van der Waals surface area contributed by atoms with Crippen molar-refractivity contribution in [1.29, 1.82) is 0 Å². The van der Waals surface area contributed by atoms with Crippen molar-refractivity contribution < 1.29 is 9.68 Å². The molecule has 2 rings (SSSR count). The van der Waals surface area contributed by atoms with Crippen LogP contribution in [-0.2, 0) is 0 Å². The lowest BCUT2D eigenvalue weighted by Crippen LogP contribution is -2.00. The molecular weight excluding hydrogens is 167 g/mol. The highest BCUT2D eigenvalue weighted by Crippen LogP contribution is 2.12. The number of hydrogen-bond acceptors (Lipinski definition) is 3. The van der Waals surface area contributed by atoms with Crippen molar-refractivity contribution in [3.8, 4) is 5.75 Å². The van der Waals surface area contributed by atoms with Gasteiger partial charge in [0.2, 0.25) is 0 Å². The first-order valence-electron chi connectivity index (χ1n) is 3.98. The van der Waals surface area contributed by atoms with Crippen LogP contribution in [0.15, 0.2) is 24.5 Å². The third-order valence-electron chi connectivity index (χ3n) is 1.78. The molecule has 66 valence electrons. The highest BCUT2D eigenvalue weighted by atomic mass is 16.5. The molecule has 0 spiro atoms. The maximum absolute atomic E-state index is 8.55. The van der Waals surface area contributed by atoms with E-state index in [2.05, 4.69) is 4.98 Å². The van der Waals surface area contributed by atoms with E-state index in [1.54, 1.807) is 12.3 Å². The molecule has 1 N–H and O–H groups in total. The molecule has 2 aromatic rings. The maximum Gasteiger partial charge on any atom is 0.504 e. The van der Waals surface area contributed by atoms with Gasteiger partial charge in [0.1, 0.15) is 11.4 Å². The van der Waals surface area contributed by atoms with Gasteiger partial charge in [-0.3, -0.25) is 0 Å². The highest BCUT2D eigenvalue weighted by Gasteiger charge is 1.99. The predicted molar refractivity (Wildman–Crippen MR) is 49.9 cm³/mol. The number of nitrogens with zero attached hydrogens (tertiary/aromatic N) is 2. The Morgan fingerprint density at radius 1 is 1.46 bits per heavy atom. The monoisotopic (exact) mass is 176 g/mol. The van der Waals surface area contributed by atoms with Gasteiger partial charge in [-0.25, -0.2) is 4.98 Å². The van der Waals surface area contributed by atoms with Gasteiger partial charge in [0.25, 0.3) is 0 Å². The zero-order chi connectivity index (χ0) is 9.26. The Kier molecular flexibility index (Phi) is 1.94. The summed E-state index contributed by atoms with van der Waals surface area (Å²) in [6.45, 7) is 1.93. The van der Waals surface area contributed by atoms with Crippen LogP contribution in [0.1, 0.15) is 5.69 Å². The smallest absolute Gasteiger partial charge is 0.504 e. The van der Waals surface area contributed by atoms with Crippen molar-refractivity contribution in [2.24, 2.45) is 0 Å². The lowest BCUT2D eigenvalue weighted by Gasteiger charge is -2.01. The maximum atomic E-state index is 8.55. The number of aromatic nitrogens is 2. The van der Waals surface area contributed by atoms with Gasteiger partial charge < -0.3 is 14.1 Å². The Morgan fingerprint density at radius 2 is 2.31 bits per heavy atom. The molecule has 5 heteroatoms. The van der Waals surface area contributed by atoms with Crippen LogP contribution >= 0.6 is 0 Å². The molecule has 2 heterocycles. The van der Waals surface area contributed by atoms with Crippen molar-refractivity contribution >= 4 is 13.3 Å². The number of imidazole rings is 1. The van der Waals surface area contributed by atoms with Crippen molar-refractivity contribution in [2.75, 3.05) is 0 Å². The predicted octanol–water partition coefficient (Wildman–Crippen LogP) is 0.280. The Hall–Kier alpha value is -1.49. The van der Waals surface area contributed by atoms with Crippen LogP contribution in [0.5, 0.6) is 5.75 Å². The Morgan fingerprint density at radius 3 is 3.08 bits per heavy atom. The topological polar surface area (TPSA) is 46.8 Å². The molecule has 0 saturated carbocycles. The average Bonchev–Trinajstić information content (AvgIpc) is 2.44. The van der Waals surface area contributed by atoms with Crippen molar-refractivity contribution in [1.82, 2.24) is 9.38 Å². The standard InChI is InChI=1S/C8H9BN2O2/c1-6-4-11-5-7(13-9-12)2-3-8(11)10-6/h2-5,9,12H,1H3. The summed E-state index contributed by atoms with van der Waals surface area (Å²) in [5.74, 6) is 0.632. The zero-order valence-corrected chi connectivity index (χ0v) is 7.27. The first-order chi connectivity index (χ1) is 6.29. The van der Waals surface area contributed by atoms with Crippen LogP contribution in [0.2, 0.25) is 0 Å². The van der Waals surface area contributed by atoms with E-state index < -0.39 is 0 Å². The summed E-state index contributed by atoms with van der Waals surface area (Å²) in [5, 5.41) is 8.55. The molecule has 0 atom stereocenters. The summed E-state index contributed by atoms with van der Waals surface area (Å²) >= 11 is 0. The van der Waals surface area contributed by atoms with Gasteiger partial charge >= 0.3 is 7.69 Å². The van der Waals surface area contributed by atoms with Crippen LogP contribution in [-0.4, -0.2) is 22.1 Å². The molecule has 0 aliphatic carbocycles. The van der Waals surface area contributed by atoms with Crippen LogP contribution in [0.3, 0.4) is 0 Å². The normalized spacial score (nSPS) is 10.3. The molecule has 13 heavy (non-hydrogen) atoms. The summed E-state index contributed by atoms with van der Waals surface area (Å²) in [7, 11) is -0.306. The molecule has 0 aliphatic rings. The van der Waals surface area contributed by atoms with E-state index in [0.29, 0.717) is 5.75 Å². The van der Waals surface area contributed by atoms with Gasteiger partial charge in [0.05, 0.1) is 11.9 Å². The molecule has 2 aromatic heterocycles. The molecule has 0 unspecified atom stereocenters. The number of rotatable bonds is 2. The molecule has 0 bridgehead atoms. The second kappa shape index (κ2) is 3.10. The first kappa shape index (κ1) is 8.13. The van der Waals surface area contributed by atoms with Gasteiger partial charge in [-0.1, -0.05) is 0 Å². The van der Waals surface area contributed by atoms with E-state index in [-0.39, 0.29) is 7.69 Å². The molecule has 0 saturated heterocycles. The van der Waals surface area contributed by atoms with E-state index >= 15 is 0 Å². The van der Waals surface area contributed by atoms with Crippen molar-refractivity contribution in [3.05, 3.63) is 30.2 Å². The summed E-state index contributed by atoms with van der Waals surface area (Å²) in [4.78, 5) is 4.26. The molecular formula is C8H9BN2O2. The molecule has 4 nitrogen and oxygen atoms in total. The first-order valence-corrected chi connectivity index (χ1v) is 3.98. The Balaban J connectivity index is 2.48. The molecule has 0 aromatic carbocycles. The fraction of sp³-hybridized carbons (Fsp3) is 0.125. The fourth-order valence-electron chi connectivity index (χ4n) is 1.26. The SMILES string of the molecule is Cc1cn2cc(OBO)ccc2n1. The van der Waals surface area contributed by atoms with Gasteiger partial charge in [0, 0.05) is 6.20 Å². The average molecular weight is 176 g/mol. The van der Waals surface area contributed by atoms with E-state index in [4.69, 9.17) is 9.68 Å². The van der Waals surface area contributed by atoms with Gasteiger partial charge in [-0.15, -0.1) is 0 Å². The quantitative estimate of drug-likeness (QED) is 0.668. The second-order valence-electron chi connectivity index (χ2n) is 2.79. The summed E-state index contributed by atoms with van der Waals surface area (Å²) < 4.78 is 6.79. The van der Waals surface area contributed by atoms with E-state index in [0.717, 1.165) is 11.3 Å². The highest BCUT2D eigenvalue weighted by molar-refractivity contribution is 6.17. The lowest BCUT2D eigenvalue weighted by atomic mass is 10.4. The van der Waals surface area contributed by atoms with E-state index in [1.807, 2.05) is 23.6 Å². The van der Waals surface area contributed by atoms with Gasteiger partial charge in [-0.05, 0) is 19.1 Å². The van der Waals surface area contributed by atoms with Crippen molar-refractivity contribution in [2.45, 2.75) is 6.92 Å². The minimum Gasteiger partial charge on any atom is -0.538 e. The summed E-state index contributed by atoms with van der Waals surface area (Å²) in [5.41, 5.74) is 1.84. The third-order valence-corrected chi connectivity index (χ3v) is 1.78. The number of hydrogen-bond donors (Lipinski definition) is 1. The Labute approximate surface area is 76.1 Å². The fourth-order valence-corrected chi connectivity index (χ4v) is 1.26. The molecule has 0 aliphatic heterocycles. The molecule has 0 radical (unpaired) electrons. The molecule has 0 amide bonds. The van der Waals surface area contributed by atoms with Gasteiger partial charge in [-0.2, -0.15) is 0 Å². The number of pyridine rings is 1. The van der Waals surface area contributed by atoms with Crippen LogP contribution in [0.4, 0.5) is 0 Å². The van der Waals surface area contributed by atoms with E-state index in [1.165, 1.54) is 0 Å². The largest absolute Gasteiger partial charge is 0.538 e. The minimum atomic E-state index is -0.306. The number of fused-ring (bicyclic) bond motifs is 1. The zero-order valence-electron chi connectivity index (χ0n) is 7.27. The van der Waals surface area contributed by atoms with Crippen LogP contribution < -0.4 is 4.65 Å². The lowest BCUT2D eigenvalue weighted by molar-refractivity contribution is 0.452. The van der Waals surface area contributed by atoms with Crippen LogP contribution in [0, 0.1) is 6.92 Å². The van der Waals surface area contributed by atoms with E-state index in [9.17, 15) is 0 Å². The summed E-state index contributed by atoms with van der Waals surface area (Å²) in [6.07, 6.45) is 3.69. The summed E-state index contributed by atoms with van der Waals surface area (Å²) in [6, 6.07) is 3.62. The molecule has 0 fully saturated rings. The minimum absolute atomic E-state index is 0.306. The van der Waals surface area contributed by atoms with Crippen LogP contribution in [0.25, 0.3) is 5.65 Å².